The van der Waals surface area contributed by atoms with Crippen LogP contribution in [0.5, 0.6) is 0 Å². The van der Waals surface area contributed by atoms with E-state index in [4.69, 9.17) is 46.4 Å². The van der Waals surface area contributed by atoms with Crippen molar-refractivity contribution in [3.63, 3.8) is 0 Å². The fourth-order valence-electron chi connectivity index (χ4n) is 3.54. The first-order valence-corrected chi connectivity index (χ1v) is 13.7. The number of hydrogen-bond donors (Lipinski definition) is 2. The van der Waals surface area contributed by atoms with Gasteiger partial charge >= 0.3 is 0 Å². The van der Waals surface area contributed by atoms with E-state index in [9.17, 15) is 13.2 Å². The maximum absolute atomic E-state index is 12.8. The second-order valence-electron chi connectivity index (χ2n) is 7.82. The molecule has 1 amide bonds. The van der Waals surface area contributed by atoms with Gasteiger partial charge in [-0.05, 0) is 35.9 Å². The van der Waals surface area contributed by atoms with Crippen molar-refractivity contribution >= 4 is 62.3 Å². The Hall–Kier alpha value is -1.10. The van der Waals surface area contributed by atoms with E-state index in [1.807, 2.05) is 0 Å². The molecular weight excluding hydrogens is 542 g/mol. The summed E-state index contributed by atoms with van der Waals surface area (Å²) in [4.78, 5) is 14.2. The molecule has 12 heteroatoms. The summed E-state index contributed by atoms with van der Waals surface area (Å²) < 4.78 is 26.9. The van der Waals surface area contributed by atoms with Gasteiger partial charge in [-0.1, -0.05) is 52.5 Å². The molecular formula is C22H26Cl4N4O3S. The maximum Gasteiger partial charge on any atom is 0.243 e. The van der Waals surface area contributed by atoms with Crippen molar-refractivity contribution in [3.8, 4) is 0 Å². The summed E-state index contributed by atoms with van der Waals surface area (Å²) in [5, 5.41) is 7.77. The summed E-state index contributed by atoms with van der Waals surface area (Å²) in [6, 6.07) is 9.26. The topological polar surface area (TPSA) is 81.8 Å². The van der Waals surface area contributed by atoms with Gasteiger partial charge in [0.25, 0.3) is 0 Å². The van der Waals surface area contributed by atoms with Gasteiger partial charge in [0.05, 0.1) is 21.4 Å². The molecule has 2 N–H and O–H groups in total. The molecule has 2 aliphatic rings. The smallest absolute Gasteiger partial charge is 0.243 e. The van der Waals surface area contributed by atoms with Gasteiger partial charge < -0.3 is 15.5 Å². The predicted molar refractivity (Wildman–Crippen MR) is 138 cm³/mol. The zero-order valence-corrected chi connectivity index (χ0v) is 22.2. The lowest BCUT2D eigenvalue weighted by Gasteiger charge is -2.34. The second kappa shape index (κ2) is 12.7. The number of nitrogens with zero attached hydrogens (tertiary/aromatic N) is 2. The summed E-state index contributed by atoms with van der Waals surface area (Å²) in [5.41, 5.74) is 0.753. The molecule has 2 aliphatic heterocycles. The first kappa shape index (κ1) is 27.5. The molecule has 0 spiro atoms. The largest absolute Gasteiger partial charge is 0.340 e. The summed E-state index contributed by atoms with van der Waals surface area (Å²) in [7, 11) is -3.73. The Morgan fingerprint density at radius 2 is 1.35 bits per heavy atom. The van der Waals surface area contributed by atoms with Crippen LogP contribution in [0.3, 0.4) is 0 Å². The first-order chi connectivity index (χ1) is 16.2. The van der Waals surface area contributed by atoms with E-state index in [1.54, 1.807) is 23.1 Å². The lowest BCUT2D eigenvalue weighted by atomic mass is 10.1. The van der Waals surface area contributed by atoms with E-state index in [2.05, 4.69) is 10.6 Å². The Bertz CT molecular complexity index is 1070. The molecule has 2 aromatic carbocycles. The molecule has 2 aromatic rings. The number of halogens is 4. The summed E-state index contributed by atoms with van der Waals surface area (Å²) in [5.74, 6) is -0.0961. The molecule has 0 unspecified atom stereocenters. The molecule has 34 heavy (non-hydrogen) atoms. The highest BCUT2D eigenvalue weighted by Crippen LogP contribution is 2.26. The van der Waals surface area contributed by atoms with E-state index in [0.717, 1.165) is 31.7 Å². The standard InChI is InChI=1S/C18H16Cl4N2O3S.C4H10N2/c19-13-9-14(20)11-15(10-13)28(26,27)24-5-3-23(4-6-24)18(25)8-12-1-2-16(21)17(22)7-12;1-2-6-4-3-5-1/h1-2,7,9-11H,3-6,8H2;5-6H,1-4H2. The van der Waals surface area contributed by atoms with Crippen LogP contribution in [0.25, 0.3) is 0 Å². The van der Waals surface area contributed by atoms with Crippen molar-refractivity contribution in [2.75, 3.05) is 52.4 Å². The number of sulfonamides is 1. The number of piperazine rings is 2. The molecule has 4 rings (SSSR count). The minimum Gasteiger partial charge on any atom is -0.340 e. The maximum atomic E-state index is 12.8. The minimum atomic E-state index is -3.73. The van der Waals surface area contributed by atoms with Crippen molar-refractivity contribution in [3.05, 3.63) is 62.1 Å². The molecule has 2 fully saturated rings. The lowest BCUT2D eigenvalue weighted by Crippen LogP contribution is -2.50. The summed E-state index contributed by atoms with van der Waals surface area (Å²) in [6.45, 7) is 5.54. The van der Waals surface area contributed by atoms with Gasteiger partial charge in [-0.15, -0.1) is 0 Å². The molecule has 0 radical (unpaired) electrons. The number of rotatable bonds is 4. The summed E-state index contributed by atoms with van der Waals surface area (Å²) >= 11 is 23.7. The number of hydrogen-bond acceptors (Lipinski definition) is 5. The molecule has 2 saturated heterocycles. The summed E-state index contributed by atoms with van der Waals surface area (Å²) in [6.07, 6.45) is 0.174. The van der Waals surface area contributed by atoms with E-state index >= 15 is 0 Å². The van der Waals surface area contributed by atoms with Gasteiger partial charge in [-0.2, -0.15) is 4.31 Å². The first-order valence-electron chi connectivity index (χ1n) is 10.8. The van der Waals surface area contributed by atoms with Crippen LogP contribution in [0.2, 0.25) is 20.1 Å². The molecule has 7 nitrogen and oxygen atoms in total. The fraction of sp³-hybridized carbons (Fsp3) is 0.409. The van der Waals surface area contributed by atoms with Gasteiger partial charge in [-0.25, -0.2) is 8.42 Å². The van der Waals surface area contributed by atoms with Gasteiger partial charge in [0, 0.05) is 62.4 Å². The van der Waals surface area contributed by atoms with Crippen molar-refractivity contribution in [2.45, 2.75) is 11.3 Å². The lowest BCUT2D eigenvalue weighted by molar-refractivity contribution is -0.131. The van der Waals surface area contributed by atoms with Gasteiger partial charge in [0.15, 0.2) is 0 Å². The zero-order chi connectivity index (χ0) is 24.7. The molecule has 186 valence electrons. The number of carbonyl (C=O) groups excluding carboxylic acids is 1. The van der Waals surface area contributed by atoms with Crippen molar-refractivity contribution < 1.29 is 13.2 Å². The SMILES string of the molecule is C1CNCCN1.O=C(Cc1ccc(Cl)c(Cl)c1)N1CCN(S(=O)(=O)c2cc(Cl)cc(Cl)c2)CC1. The molecule has 0 bridgehead atoms. The van der Waals surface area contributed by atoms with Crippen LogP contribution in [-0.2, 0) is 21.2 Å². The average Bonchev–Trinajstić information content (AvgIpc) is 2.82. The van der Waals surface area contributed by atoms with Crippen molar-refractivity contribution in [2.24, 2.45) is 0 Å². The predicted octanol–water partition coefficient (Wildman–Crippen LogP) is 3.56. The zero-order valence-electron chi connectivity index (χ0n) is 18.4. The third kappa shape index (κ3) is 7.70. The Morgan fingerprint density at radius 1 is 0.794 bits per heavy atom. The Kier molecular flexibility index (Phi) is 10.3. The van der Waals surface area contributed by atoms with Crippen LogP contribution in [0.4, 0.5) is 0 Å². The Morgan fingerprint density at radius 3 is 1.85 bits per heavy atom. The van der Waals surface area contributed by atoms with E-state index in [1.165, 1.54) is 22.5 Å². The molecule has 0 aromatic heterocycles. The van der Waals surface area contributed by atoms with E-state index in [0.29, 0.717) is 23.1 Å². The van der Waals surface area contributed by atoms with Crippen LogP contribution < -0.4 is 10.6 Å². The van der Waals surface area contributed by atoms with Crippen LogP contribution in [0.1, 0.15) is 5.56 Å². The van der Waals surface area contributed by atoms with Gasteiger partial charge in [0.2, 0.25) is 15.9 Å². The van der Waals surface area contributed by atoms with Crippen LogP contribution in [0, 0.1) is 0 Å². The minimum absolute atomic E-state index is 0.0422. The molecule has 0 atom stereocenters. The van der Waals surface area contributed by atoms with Gasteiger partial charge in [0.1, 0.15) is 0 Å². The molecule has 2 heterocycles. The number of amides is 1. The normalized spacial score (nSPS) is 17.1. The highest BCUT2D eigenvalue weighted by atomic mass is 35.5. The average molecular weight is 568 g/mol. The van der Waals surface area contributed by atoms with E-state index in [-0.39, 0.29) is 40.4 Å². The van der Waals surface area contributed by atoms with Crippen LogP contribution in [-0.4, -0.2) is 75.9 Å². The van der Waals surface area contributed by atoms with Gasteiger partial charge in [-0.3, -0.25) is 4.79 Å². The monoisotopic (exact) mass is 566 g/mol. The number of carbonyl (C=O) groups is 1. The highest BCUT2D eigenvalue weighted by molar-refractivity contribution is 7.89. The molecule has 0 saturated carbocycles. The third-order valence-electron chi connectivity index (χ3n) is 5.36. The Labute approximate surface area is 220 Å². The Balaban J connectivity index is 0.000000469. The quantitative estimate of drug-likeness (QED) is 0.590. The van der Waals surface area contributed by atoms with E-state index < -0.39 is 10.0 Å². The number of nitrogens with one attached hydrogen (secondary N) is 2. The van der Waals surface area contributed by atoms with Crippen molar-refractivity contribution in [1.29, 1.82) is 0 Å². The molecule has 0 aliphatic carbocycles. The van der Waals surface area contributed by atoms with Crippen LogP contribution in [0.15, 0.2) is 41.3 Å². The third-order valence-corrected chi connectivity index (χ3v) is 8.41. The number of benzene rings is 2. The second-order valence-corrected chi connectivity index (χ2v) is 11.4. The fourth-order valence-corrected chi connectivity index (χ4v) is 6.01. The van der Waals surface area contributed by atoms with Crippen LogP contribution >= 0.6 is 46.4 Å². The highest BCUT2D eigenvalue weighted by Gasteiger charge is 2.30. The van der Waals surface area contributed by atoms with Crippen molar-refractivity contribution in [1.82, 2.24) is 19.8 Å².